The number of hydrogen-bond donors (Lipinski definition) is 0. The zero-order chi connectivity index (χ0) is 5.40. The van der Waals surface area contributed by atoms with Gasteiger partial charge < -0.3 is 0 Å². The number of thioether (sulfide) groups is 1. The average molecular weight is 127 g/mol. The quantitative estimate of drug-likeness (QED) is 0.481. The van der Waals surface area contributed by atoms with Gasteiger partial charge in [0.2, 0.25) is 0 Å². The smallest absolute Gasteiger partial charge is 0.0307 e. The minimum atomic E-state index is 1.09. The Morgan fingerprint density at radius 1 is 1.25 bits per heavy atom. The van der Waals surface area contributed by atoms with E-state index in [9.17, 15) is 0 Å². The Kier molecular flexibility index (Phi) is 1.25. The molecule has 1 heteroatoms. The summed E-state index contributed by atoms with van der Waals surface area (Å²) in [6.07, 6.45) is 5.88. The van der Waals surface area contributed by atoms with Gasteiger partial charge in [0.1, 0.15) is 0 Å². The van der Waals surface area contributed by atoms with Crippen LogP contribution in [0.4, 0.5) is 0 Å². The van der Waals surface area contributed by atoms with Crippen molar-refractivity contribution in [2.75, 3.05) is 5.75 Å². The van der Waals surface area contributed by atoms with E-state index in [0.29, 0.717) is 0 Å². The first kappa shape index (κ1) is 5.16. The van der Waals surface area contributed by atoms with Gasteiger partial charge in [-0.3, -0.25) is 0 Å². The van der Waals surface area contributed by atoms with Crippen LogP contribution in [-0.2, 0) is 0 Å². The highest BCUT2D eigenvalue weighted by atomic mass is 32.2. The summed E-state index contributed by atoms with van der Waals surface area (Å²) in [6.45, 7) is 0. The second kappa shape index (κ2) is 1.94. The third-order valence-corrected chi connectivity index (χ3v) is 3.64. The summed E-state index contributed by atoms with van der Waals surface area (Å²) >= 11 is 2.13. The lowest BCUT2D eigenvalue weighted by Gasteiger charge is -2.34. The predicted octanol–water partition coefficient (Wildman–Crippen LogP) is 2.46. The normalized spacial score (nSPS) is 31.5. The van der Waals surface area contributed by atoms with Gasteiger partial charge >= 0.3 is 0 Å². The molecular weight excluding hydrogens is 116 g/mol. The van der Waals surface area contributed by atoms with Crippen LogP contribution in [0.3, 0.4) is 0 Å². The molecule has 2 aliphatic heterocycles. The molecule has 0 N–H and O–H groups in total. The van der Waals surface area contributed by atoms with Crippen LogP contribution in [0.1, 0.15) is 25.7 Å². The summed E-state index contributed by atoms with van der Waals surface area (Å²) in [5.74, 6) is 2.53. The molecule has 0 unspecified atom stereocenters. The van der Waals surface area contributed by atoms with E-state index in [1.54, 1.807) is 5.25 Å². The molecule has 2 saturated heterocycles. The highest BCUT2D eigenvalue weighted by molar-refractivity contribution is 8.02. The molecule has 3 aliphatic rings. The van der Waals surface area contributed by atoms with Crippen molar-refractivity contribution in [3.8, 4) is 0 Å². The number of fused-ring (bicyclic) bond motifs is 3. The van der Waals surface area contributed by atoms with Crippen molar-refractivity contribution in [1.82, 2.24) is 0 Å². The van der Waals surface area contributed by atoms with E-state index in [0.717, 1.165) is 5.92 Å². The summed E-state index contributed by atoms with van der Waals surface area (Å²) in [4.78, 5) is 0. The van der Waals surface area contributed by atoms with Crippen LogP contribution in [-0.4, -0.2) is 5.75 Å². The monoisotopic (exact) mass is 127 g/mol. The van der Waals surface area contributed by atoms with Crippen LogP contribution in [0.15, 0.2) is 0 Å². The number of rotatable bonds is 0. The van der Waals surface area contributed by atoms with E-state index in [1.807, 2.05) is 0 Å². The van der Waals surface area contributed by atoms with Gasteiger partial charge in [0.05, 0.1) is 0 Å². The SMILES string of the molecule is C1CC2CC[C]1SC2. The van der Waals surface area contributed by atoms with Crippen LogP contribution in [0.2, 0.25) is 0 Å². The van der Waals surface area contributed by atoms with Gasteiger partial charge in [0.15, 0.2) is 0 Å². The number of hydrogen-bond acceptors (Lipinski definition) is 1. The fourth-order valence-corrected chi connectivity index (χ4v) is 2.88. The van der Waals surface area contributed by atoms with Crippen molar-refractivity contribution < 1.29 is 0 Å². The molecule has 0 amide bonds. The Morgan fingerprint density at radius 3 is 2.12 bits per heavy atom. The van der Waals surface area contributed by atoms with Crippen molar-refractivity contribution in [3.05, 3.63) is 5.25 Å². The van der Waals surface area contributed by atoms with E-state index < -0.39 is 0 Å². The average Bonchev–Trinajstić information content (AvgIpc) is 1.92. The Labute approximate surface area is 55.0 Å². The molecule has 3 rings (SSSR count). The first-order valence-electron chi connectivity index (χ1n) is 3.42. The third-order valence-electron chi connectivity index (χ3n) is 2.19. The van der Waals surface area contributed by atoms with E-state index in [1.165, 1.54) is 31.4 Å². The van der Waals surface area contributed by atoms with E-state index in [2.05, 4.69) is 11.8 Å². The lowest BCUT2D eigenvalue weighted by Crippen LogP contribution is -2.20. The molecule has 45 valence electrons. The first-order chi connectivity index (χ1) is 3.95. The molecular formula is C7H11S. The molecule has 3 fully saturated rings. The van der Waals surface area contributed by atoms with Gasteiger partial charge in [-0.05, 0) is 37.4 Å². The predicted molar refractivity (Wildman–Crippen MR) is 37.7 cm³/mol. The Balaban J connectivity index is 2.03. The Bertz CT molecular complexity index is 59.4. The maximum atomic E-state index is 2.13. The maximum Gasteiger partial charge on any atom is 0.0307 e. The topological polar surface area (TPSA) is 0 Å². The van der Waals surface area contributed by atoms with Crippen LogP contribution >= 0.6 is 11.8 Å². The molecule has 0 aromatic carbocycles. The fourth-order valence-electron chi connectivity index (χ4n) is 1.55. The van der Waals surface area contributed by atoms with Gasteiger partial charge in [-0.1, -0.05) is 0 Å². The van der Waals surface area contributed by atoms with Crippen LogP contribution < -0.4 is 0 Å². The van der Waals surface area contributed by atoms with Crippen molar-refractivity contribution in [2.24, 2.45) is 5.92 Å². The molecule has 8 heavy (non-hydrogen) atoms. The first-order valence-corrected chi connectivity index (χ1v) is 4.41. The zero-order valence-corrected chi connectivity index (χ0v) is 5.84. The summed E-state index contributed by atoms with van der Waals surface area (Å²) in [7, 11) is 0. The van der Waals surface area contributed by atoms with Crippen LogP contribution in [0, 0.1) is 11.2 Å². The second-order valence-electron chi connectivity index (χ2n) is 2.79. The maximum absolute atomic E-state index is 2.13. The molecule has 0 nitrogen and oxygen atoms in total. The minimum absolute atomic E-state index is 1.09. The van der Waals surface area contributed by atoms with Gasteiger partial charge in [-0.25, -0.2) is 0 Å². The third kappa shape index (κ3) is 0.771. The van der Waals surface area contributed by atoms with Crippen molar-refractivity contribution in [3.63, 3.8) is 0 Å². The van der Waals surface area contributed by atoms with E-state index in [4.69, 9.17) is 0 Å². The molecule has 2 heterocycles. The van der Waals surface area contributed by atoms with E-state index >= 15 is 0 Å². The van der Waals surface area contributed by atoms with Crippen molar-refractivity contribution in [2.45, 2.75) is 25.7 Å². The summed E-state index contributed by atoms with van der Waals surface area (Å²) in [5, 5.41) is 1.78. The molecule has 0 aromatic heterocycles. The zero-order valence-electron chi connectivity index (χ0n) is 5.02. The van der Waals surface area contributed by atoms with Gasteiger partial charge in [0.25, 0.3) is 0 Å². The molecule has 0 aromatic rings. The molecule has 2 bridgehead atoms. The van der Waals surface area contributed by atoms with Gasteiger partial charge in [-0.15, -0.1) is 0 Å². The van der Waals surface area contributed by atoms with Crippen molar-refractivity contribution in [1.29, 1.82) is 0 Å². The minimum Gasteiger partial charge on any atom is -0.153 e. The summed E-state index contributed by atoms with van der Waals surface area (Å²) in [5.41, 5.74) is 0. The van der Waals surface area contributed by atoms with E-state index in [-0.39, 0.29) is 0 Å². The lowest BCUT2D eigenvalue weighted by atomic mass is 9.90. The highest BCUT2D eigenvalue weighted by Crippen LogP contribution is 2.45. The standard InChI is InChI=1S/C7H11S/c1-3-7-4-2-6(1)5-8-7/h6H,1-5H2. The van der Waals surface area contributed by atoms with Gasteiger partial charge in [0, 0.05) is 5.25 Å². The lowest BCUT2D eigenvalue weighted by molar-refractivity contribution is 0.422. The molecule has 0 atom stereocenters. The summed E-state index contributed by atoms with van der Waals surface area (Å²) in [6, 6.07) is 0. The molecule has 0 spiro atoms. The van der Waals surface area contributed by atoms with Crippen LogP contribution in [0.25, 0.3) is 0 Å². The molecule has 1 aliphatic carbocycles. The molecule has 1 saturated carbocycles. The second-order valence-corrected chi connectivity index (χ2v) is 3.99. The fraction of sp³-hybridized carbons (Fsp3) is 0.857. The Hall–Kier alpha value is 0.350. The van der Waals surface area contributed by atoms with Gasteiger partial charge in [-0.2, -0.15) is 11.8 Å². The highest BCUT2D eigenvalue weighted by Gasteiger charge is 2.27. The largest absolute Gasteiger partial charge is 0.153 e. The van der Waals surface area contributed by atoms with Crippen molar-refractivity contribution >= 4 is 11.8 Å². The summed E-state index contributed by atoms with van der Waals surface area (Å²) < 4.78 is 0. The van der Waals surface area contributed by atoms with Crippen LogP contribution in [0.5, 0.6) is 0 Å². The molecule has 1 radical (unpaired) electrons. The Morgan fingerprint density at radius 2 is 2.00 bits per heavy atom.